The van der Waals surface area contributed by atoms with E-state index in [-0.39, 0.29) is 0 Å². The Labute approximate surface area is 114 Å². The van der Waals surface area contributed by atoms with Gasteiger partial charge in [0, 0.05) is 13.1 Å². The molecule has 1 heterocycles. The van der Waals surface area contributed by atoms with Gasteiger partial charge in [0.1, 0.15) is 6.07 Å². The molecule has 1 fully saturated rings. The SMILES string of the molecule is CC1(C)CCCN(c2cccc(Cl)c2C#N)CC1. The fraction of sp³-hybridized carbons (Fsp3) is 0.533. The molecule has 1 aromatic rings. The summed E-state index contributed by atoms with van der Waals surface area (Å²) in [7, 11) is 0. The first kappa shape index (κ1) is 13.2. The Balaban J connectivity index is 2.27. The topological polar surface area (TPSA) is 27.0 Å². The first-order valence-corrected chi connectivity index (χ1v) is 6.85. The van der Waals surface area contributed by atoms with Crippen LogP contribution in [0.25, 0.3) is 0 Å². The monoisotopic (exact) mass is 262 g/mol. The fourth-order valence-corrected chi connectivity index (χ4v) is 2.76. The third-order valence-electron chi connectivity index (χ3n) is 3.78. The van der Waals surface area contributed by atoms with E-state index in [2.05, 4.69) is 24.8 Å². The highest BCUT2D eigenvalue weighted by molar-refractivity contribution is 6.32. The lowest BCUT2D eigenvalue weighted by Gasteiger charge is -2.25. The molecule has 2 nitrogen and oxygen atoms in total. The van der Waals surface area contributed by atoms with Crippen LogP contribution >= 0.6 is 11.6 Å². The van der Waals surface area contributed by atoms with Gasteiger partial charge in [-0.15, -0.1) is 0 Å². The number of rotatable bonds is 1. The van der Waals surface area contributed by atoms with Crippen molar-refractivity contribution >= 4 is 17.3 Å². The summed E-state index contributed by atoms with van der Waals surface area (Å²) in [6, 6.07) is 7.94. The summed E-state index contributed by atoms with van der Waals surface area (Å²) in [6.07, 6.45) is 3.57. The van der Waals surface area contributed by atoms with Gasteiger partial charge in [0.05, 0.1) is 16.3 Å². The molecular weight excluding hydrogens is 244 g/mol. The maximum absolute atomic E-state index is 9.24. The van der Waals surface area contributed by atoms with Crippen molar-refractivity contribution in [2.24, 2.45) is 5.41 Å². The second kappa shape index (κ2) is 5.20. The number of benzene rings is 1. The highest BCUT2D eigenvalue weighted by atomic mass is 35.5. The minimum absolute atomic E-state index is 0.403. The minimum Gasteiger partial charge on any atom is -0.370 e. The van der Waals surface area contributed by atoms with Crippen molar-refractivity contribution in [1.82, 2.24) is 0 Å². The van der Waals surface area contributed by atoms with E-state index in [1.165, 1.54) is 12.8 Å². The van der Waals surface area contributed by atoms with Gasteiger partial charge < -0.3 is 4.90 Å². The van der Waals surface area contributed by atoms with Crippen LogP contribution in [0.5, 0.6) is 0 Å². The largest absolute Gasteiger partial charge is 0.370 e. The Bertz CT molecular complexity index is 474. The molecule has 0 saturated carbocycles. The van der Waals surface area contributed by atoms with E-state index in [0.717, 1.165) is 25.2 Å². The number of hydrogen-bond donors (Lipinski definition) is 0. The molecule has 96 valence electrons. The summed E-state index contributed by atoms with van der Waals surface area (Å²) in [5, 5.41) is 9.80. The molecule has 0 radical (unpaired) electrons. The lowest BCUT2D eigenvalue weighted by atomic mass is 9.85. The summed E-state index contributed by atoms with van der Waals surface area (Å²) < 4.78 is 0. The second-order valence-electron chi connectivity index (χ2n) is 5.75. The lowest BCUT2D eigenvalue weighted by Crippen LogP contribution is -2.25. The average molecular weight is 263 g/mol. The zero-order valence-corrected chi connectivity index (χ0v) is 11.8. The van der Waals surface area contributed by atoms with Crippen LogP contribution in [0.15, 0.2) is 18.2 Å². The van der Waals surface area contributed by atoms with Crippen LogP contribution in [-0.4, -0.2) is 13.1 Å². The first-order valence-electron chi connectivity index (χ1n) is 6.47. The molecule has 18 heavy (non-hydrogen) atoms. The van der Waals surface area contributed by atoms with Gasteiger partial charge in [0.2, 0.25) is 0 Å². The first-order chi connectivity index (χ1) is 8.53. The van der Waals surface area contributed by atoms with Gasteiger partial charge in [0.15, 0.2) is 0 Å². The zero-order chi connectivity index (χ0) is 13.2. The van der Waals surface area contributed by atoms with Gasteiger partial charge in [-0.3, -0.25) is 0 Å². The van der Waals surface area contributed by atoms with Gasteiger partial charge in [-0.1, -0.05) is 31.5 Å². The smallest absolute Gasteiger partial charge is 0.103 e. The van der Waals surface area contributed by atoms with Crippen molar-refractivity contribution in [1.29, 1.82) is 5.26 Å². The summed E-state index contributed by atoms with van der Waals surface area (Å²) in [5.41, 5.74) is 2.00. The molecule has 1 aromatic carbocycles. The molecule has 1 aliphatic heterocycles. The summed E-state index contributed by atoms with van der Waals surface area (Å²) in [5.74, 6) is 0. The van der Waals surface area contributed by atoms with Crippen LogP contribution in [0, 0.1) is 16.7 Å². The van der Waals surface area contributed by atoms with E-state index >= 15 is 0 Å². The van der Waals surface area contributed by atoms with Crippen LogP contribution in [0.1, 0.15) is 38.7 Å². The molecular formula is C15H19ClN2. The summed E-state index contributed by atoms with van der Waals surface area (Å²) in [4.78, 5) is 2.30. The van der Waals surface area contributed by atoms with E-state index in [1.54, 1.807) is 6.07 Å². The van der Waals surface area contributed by atoms with Crippen LogP contribution < -0.4 is 4.90 Å². The molecule has 0 unspecified atom stereocenters. The number of nitrogens with zero attached hydrogens (tertiary/aromatic N) is 2. The van der Waals surface area contributed by atoms with Gasteiger partial charge in [-0.05, 0) is 36.8 Å². The number of hydrogen-bond acceptors (Lipinski definition) is 2. The predicted molar refractivity (Wildman–Crippen MR) is 76.0 cm³/mol. The van der Waals surface area contributed by atoms with Crippen molar-refractivity contribution in [3.63, 3.8) is 0 Å². The zero-order valence-electron chi connectivity index (χ0n) is 11.0. The quantitative estimate of drug-likeness (QED) is 0.757. The van der Waals surface area contributed by atoms with Crippen LogP contribution in [0.3, 0.4) is 0 Å². The van der Waals surface area contributed by atoms with E-state index in [0.29, 0.717) is 16.0 Å². The van der Waals surface area contributed by atoms with E-state index in [1.807, 2.05) is 12.1 Å². The molecule has 0 atom stereocenters. The Morgan fingerprint density at radius 2 is 2.06 bits per heavy atom. The number of nitriles is 1. The lowest BCUT2D eigenvalue weighted by molar-refractivity contribution is 0.325. The minimum atomic E-state index is 0.403. The molecule has 1 saturated heterocycles. The number of halogens is 1. The molecule has 0 aliphatic carbocycles. The molecule has 0 bridgehead atoms. The highest BCUT2D eigenvalue weighted by Gasteiger charge is 2.24. The molecule has 0 amide bonds. The third kappa shape index (κ3) is 2.79. The second-order valence-corrected chi connectivity index (χ2v) is 6.16. The van der Waals surface area contributed by atoms with Crippen molar-refractivity contribution < 1.29 is 0 Å². The molecule has 2 rings (SSSR count). The molecule has 1 aliphatic rings. The summed E-state index contributed by atoms with van der Waals surface area (Å²) in [6.45, 7) is 6.65. The van der Waals surface area contributed by atoms with Gasteiger partial charge in [0.25, 0.3) is 0 Å². The van der Waals surface area contributed by atoms with Crippen LogP contribution in [0.4, 0.5) is 5.69 Å². The van der Waals surface area contributed by atoms with Gasteiger partial charge in [-0.25, -0.2) is 0 Å². The molecule has 3 heteroatoms. The molecule has 0 spiro atoms. The molecule has 0 N–H and O–H groups in total. The molecule has 0 aromatic heterocycles. The van der Waals surface area contributed by atoms with Crippen LogP contribution in [0.2, 0.25) is 5.02 Å². The Hall–Kier alpha value is -1.20. The standard InChI is InChI=1S/C15H19ClN2/c1-15(2)7-4-9-18(10-8-15)14-6-3-5-13(16)12(14)11-17/h3,5-6H,4,7-10H2,1-2H3. The normalized spacial score (nSPS) is 19.1. The average Bonchev–Trinajstić information content (AvgIpc) is 2.50. The van der Waals surface area contributed by atoms with Crippen molar-refractivity contribution in [3.05, 3.63) is 28.8 Å². The maximum Gasteiger partial charge on any atom is 0.103 e. The highest BCUT2D eigenvalue weighted by Crippen LogP contribution is 2.34. The third-order valence-corrected chi connectivity index (χ3v) is 4.10. The van der Waals surface area contributed by atoms with E-state index in [4.69, 9.17) is 11.6 Å². The van der Waals surface area contributed by atoms with E-state index in [9.17, 15) is 5.26 Å². The van der Waals surface area contributed by atoms with Crippen molar-refractivity contribution in [2.45, 2.75) is 33.1 Å². The fourth-order valence-electron chi connectivity index (χ4n) is 2.55. The van der Waals surface area contributed by atoms with Crippen molar-refractivity contribution in [3.8, 4) is 6.07 Å². The van der Waals surface area contributed by atoms with E-state index < -0.39 is 0 Å². The Morgan fingerprint density at radius 3 is 2.78 bits per heavy atom. The predicted octanol–water partition coefficient (Wildman–Crippen LogP) is 4.23. The Kier molecular flexibility index (Phi) is 3.82. The van der Waals surface area contributed by atoms with Crippen molar-refractivity contribution in [2.75, 3.05) is 18.0 Å². The summed E-state index contributed by atoms with van der Waals surface area (Å²) >= 11 is 6.10. The van der Waals surface area contributed by atoms with Crippen LogP contribution in [-0.2, 0) is 0 Å². The maximum atomic E-state index is 9.24. The van der Waals surface area contributed by atoms with Gasteiger partial charge >= 0.3 is 0 Å². The van der Waals surface area contributed by atoms with Gasteiger partial charge in [-0.2, -0.15) is 5.26 Å². The Morgan fingerprint density at radius 1 is 1.28 bits per heavy atom. The number of anilines is 1.